The molecule has 0 aromatic carbocycles. The highest BCUT2D eigenvalue weighted by Crippen LogP contribution is 2.20. The van der Waals surface area contributed by atoms with Crippen LogP contribution in [0.15, 0.2) is 30.7 Å². The van der Waals surface area contributed by atoms with E-state index < -0.39 is 0 Å². The Hall–Kier alpha value is -2.54. The molecule has 1 atom stereocenters. The number of carbonyl (C=O) groups is 1. The lowest BCUT2D eigenvalue weighted by molar-refractivity contribution is -0.120. The number of hydrogen-bond acceptors (Lipinski definition) is 6. The number of anilines is 2. The van der Waals surface area contributed by atoms with Gasteiger partial charge in [0, 0.05) is 43.6 Å². The van der Waals surface area contributed by atoms with E-state index in [-0.39, 0.29) is 11.9 Å². The van der Waals surface area contributed by atoms with E-state index in [1.165, 1.54) is 0 Å². The monoisotopic (exact) mass is 340 g/mol. The van der Waals surface area contributed by atoms with Crippen LogP contribution in [-0.2, 0) is 4.79 Å². The number of hydrogen-bond donors (Lipinski definition) is 1. The minimum absolute atomic E-state index is 0.0267. The molecule has 0 bridgehead atoms. The molecule has 1 N–H and O–H groups in total. The number of pyridine rings is 1. The van der Waals surface area contributed by atoms with Crippen LogP contribution in [0, 0.1) is 13.8 Å². The van der Waals surface area contributed by atoms with Gasteiger partial charge in [0.15, 0.2) is 0 Å². The Morgan fingerprint density at radius 2 is 1.88 bits per heavy atom. The molecule has 1 fully saturated rings. The molecule has 7 nitrogen and oxygen atoms in total. The highest BCUT2D eigenvalue weighted by Gasteiger charge is 2.27. The summed E-state index contributed by atoms with van der Waals surface area (Å²) in [6.45, 7) is 9.32. The van der Waals surface area contributed by atoms with Crippen molar-refractivity contribution in [2.75, 3.05) is 36.4 Å². The summed E-state index contributed by atoms with van der Waals surface area (Å²) >= 11 is 0. The summed E-state index contributed by atoms with van der Waals surface area (Å²) in [5.74, 6) is 1.56. The Balaban J connectivity index is 1.58. The second-order valence-electron chi connectivity index (χ2n) is 6.31. The zero-order valence-corrected chi connectivity index (χ0v) is 14.9. The lowest BCUT2D eigenvalue weighted by Crippen LogP contribution is -2.53. The molecule has 7 heteroatoms. The smallest absolute Gasteiger partial charge is 0.242 e. The summed E-state index contributed by atoms with van der Waals surface area (Å²) in [5.41, 5.74) is 2.13. The van der Waals surface area contributed by atoms with Crippen molar-refractivity contribution in [2.45, 2.75) is 26.8 Å². The first-order chi connectivity index (χ1) is 12.1. The first-order valence-electron chi connectivity index (χ1n) is 8.55. The van der Waals surface area contributed by atoms with Gasteiger partial charge in [-0.1, -0.05) is 6.07 Å². The molecule has 25 heavy (non-hydrogen) atoms. The van der Waals surface area contributed by atoms with Crippen molar-refractivity contribution in [3.63, 3.8) is 0 Å². The van der Waals surface area contributed by atoms with Gasteiger partial charge in [0.2, 0.25) is 5.91 Å². The summed E-state index contributed by atoms with van der Waals surface area (Å²) in [5, 5.41) is 2.87. The Bertz CT molecular complexity index is 728. The minimum atomic E-state index is -0.197. The van der Waals surface area contributed by atoms with E-state index in [2.05, 4.69) is 37.0 Å². The fourth-order valence-corrected chi connectivity index (χ4v) is 3.00. The van der Waals surface area contributed by atoms with Gasteiger partial charge < -0.3 is 10.2 Å². The molecular weight excluding hydrogens is 316 g/mol. The third-order valence-corrected chi connectivity index (χ3v) is 4.77. The molecule has 0 aliphatic carbocycles. The van der Waals surface area contributed by atoms with Crippen LogP contribution in [0.3, 0.4) is 0 Å². The molecule has 0 radical (unpaired) electrons. The van der Waals surface area contributed by atoms with Crippen molar-refractivity contribution in [1.29, 1.82) is 0 Å². The van der Waals surface area contributed by atoms with Gasteiger partial charge in [0.1, 0.15) is 18.0 Å². The van der Waals surface area contributed by atoms with Crippen LogP contribution in [0.5, 0.6) is 0 Å². The van der Waals surface area contributed by atoms with E-state index in [1.54, 1.807) is 18.6 Å². The molecule has 3 heterocycles. The highest BCUT2D eigenvalue weighted by molar-refractivity contribution is 5.93. The molecule has 3 rings (SSSR count). The molecule has 0 saturated carbocycles. The number of amides is 1. The molecule has 2 aromatic heterocycles. The van der Waals surface area contributed by atoms with Gasteiger partial charge in [-0.05, 0) is 32.9 Å². The molecule has 1 amide bonds. The van der Waals surface area contributed by atoms with Crippen molar-refractivity contribution in [2.24, 2.45) is 0 Å². The first-order valence-corrected chi connectivity index (χ1v) is 8.55. The zero-order chi connectivity index (χ0) is 17.8. The van der Waals surface area contributed by atoms with Crippen LogP contribution in [0.4, 0.5) is 11.6 Å². The lowest BCUT2D eigenvalue weighted by atomic mass is 10.2. The lowest BCUT2D eigenvalue weighted by Gasteiger charge is -2.38. The average Bonchev–Trinajstić information content (AvgIpc) is 2.64. The maximum atomic E-state index is 12.4. The number of rotatable bonds is 4. The molecule has 1 aliphatic heterocycles. The Morgan fingerprint density at radius 3 is 2.56 bits per heavy atom. The fourth-order valence-electron chi connectivity index (χ4n) is 3.00. The molecule has 1 aliphatic rings. The zero-order valence-electron chi connectivity index (χ0n) is 14.9. The summed E-state index contributed by atoms with van der Waals surface area (Å²) in [4.78, 5) is 29.7. The molecule has 0 spiro atoms. The van der Waals surface area contributed by atoms with E-state index in [9.17, 15) is 4.79 Å². The van der Waals surface area contributed by atoms with E-state index in [0.717, 1.165) is 43.3 Å². The molecule has 132 valence electrons. The predicted molar refractivity (Wildman–Crippen MR) is 97.6 cm³/mol. The summed E-state index contributed by atoms with van der Waals surface area (Å²) in [6.07, 6.45) is 3.29. The largest absolute Gasteiger partial charge is 0.354 e. The van der Waals surface area contributed by atoms with E-state index in [4.69, 9.17) is 0 Å². The van der Waals surface area contributed by atoms with Crippen molar-refractivity contribution >= 4 is 17.5 Å². The third kappa shape index (κ3) is 3.93. The topological polar surface area (TPSA) is 74.2 Å². The van der Waals surface area contributed by atoms with Crippen LogP contribution in [0.25, 0.3) is 0 Å². The Kier molecular flexibility index (Phi) is 5.23. The summed E-state index contributed by atoms with van der Waals surface area (Å²) < 4.78 is 0. The third-order valence-electron chi connectivity index (χ3n) is 4.77. The normalized spacial score (nSPS) is 16.5. The number of piperazine rings is 1. The van der Waals surface area contributed by atoms with Gasteiger partial charge in [0.25, 0.3) is 0 Å². The summed E-state index contributed by atoms with van der Waals surface area (Å²) in [7, 11) is 0. The van der Waals surface area contributed by atoms with Crippen molar-refractivity contribution in [3.8, 4) is 0 Å². The van der Waals surface area contributed by atoms with Crippen LogP contribution >= 0.6 is 0 Å². The average molecular weight is 340 g/mol. The maximum absolute atomic E-state index is 12.4. The van der Waals surface area contributed by atoms with Gasteiger partial charge in [-0.2, -0.15) is 0 Å². The fraction of sp³-hybridized carbons (Fsp3) is 0.444. The Labute approximate surface area is 148 Å². The second kappa shape index (κ2) is 7.57. The van der Waals surface area contributed by atoms with Crippen LogP contribution in [0.2, 0.25) is 0 Å². The quantitative estimate of drug-likeness (QED) is 0.912. The number of carbonyl (C=O) groups excluding carboxylic acids is 1. The Morgan fingerprint density at radius 1 is 1.12 bits per heavy atom. The van der Waals surface area contributed by atoms with Crippen molar-refractivity contribution in [1.82, 2.24) is 19.9 Å². The molecular formula is C18H24N6O. The molecule has 1 saturated heterocycles. The van der Waals surface area contributed by atoms with Crippen LogP contribution in [0.1, 0.15) is 18.2 Å². The van der Waals surface area contributed by atoms with Crippen molar-refractivity contribution in [3.05, 3.63) is 42.0 Å². The maximum Gasteiger partial charge on any atom is 0.242 e. The van der Waals surface area contributed by atoms with Gasteiger partial charge in [-0.3, -0.25) is 9.69 Å². The number of nitrogens with one attached hydrogen (secondary N) is 1. The van der Waals surface area contributed by atoms with E-state index >= 15 is 0 Å². The highest BCUT2D eigenvalue weighted by atomic mass is 16.2. The van der Waals surface area contributed by atoms with Gasteiger partial charge in [-0.25, -0.2) is 15.0 Å². The SMILES string of the molecule is Cc1ncnc(N2CCN(C(C)C(=O)Nc3ccccn3)CC2)c1C. The molecule has 2 aromatic rings. The van der Waals surface area contributed by atoms with E-state index in [0.29, 0.717) is 5.82 Å². The standard InChI is InChI=1S/C18H24N6O/c1-13-14(2)20-12-21-17(13)24-10-8-23(9-11-24)15(3)18(25)22-16-6-4-5-7-19-16/h4-7,12,15H,8-11H2,1-3H3,(H,19,22,25). The number of nitrogens with zero attached hydrogens (tertiary/aromatic N) is 5. The van der Waals surface area contributed by atoms with Gasteiger partial charge >= 0.3 is 0 Å². The number of aromatic nitrogens is 3. The van der Waals surface area contributed by atoms with Crippen LogP contribution in [-0.4, -0.2) is 58.0 Å². The van der Waals surface area contributed by atoms with Gasteiger partial charge in [0.05, 0.1) is 6.04 Å². The van der Waals surface area contributed by atoms with Crippen LogP contribution < -0.4 is 10.2 Å². The molecule has 1 unspecified atom stereocenters. The summed E-state index contributed by atoms with van der Waals surface area (Å²) in [6, 6.07) is 5.29. The second-order valence-corrected chi connectivity index (χ2v) is 6.31. The number of aryl methyl sites for hydroxylation is 1. The van der Waals surface area contributed by atoms with Gasteiger partial charge in [-0.15, -0.1) is 0 Å². The predicted octanol–water partition coefficient (Wildman–Crippen LogP) is 1.64. The first kappa shape index (κ1) is 17.3. The van der Waals surface area contributed by atoms with E-state index in [1.807, 2.05) is 26.0 Å². The minimum Gasteiger partial charge on any atom is -0.354 e. The van der Waals surface area contributed by atoms with Crippen molar-refractivity contribution < 1.29 is 4.79 Å².